The van der Waals surface area contributed by atoms with Crippen LogP contribution in [0.3, 0.4) is 0 Å². The third-order valence-corrected chi connectivity index (χ3v) is 3.62. The third kappa shape index (κ3) is 2.81. The smallest absolute Gasteiger partial charge is 0.0863 e. The summed E-state index contributed by atoms with van der Waals surface area (Å²) in [6, 6.07) is 0.455. The second-order valence-corrected chi connectivity index (χ2v) is 4.70. The van der Waals surface area contributed by atoms with Gasteiger partial charge in [0.25, 0.3) is 0 Å². The number of aryl methyl sites for hydroxylation is 2. The number of hydrogen-bond donors (Lipinski definition) is 1. The molecule has 1 saturated heterocycles. The summed E-state index contributed by atoms with van der Waals surface area (Å²) in [5.74, 6) is 0. The normalized spacial score (nSPS) is 20.1. The van der Waals surface area contributed by atoms with E-state index in [1.54, 1.807) is 0 Å². The summed E-state index contributed by atoms with van der Waals surface area (Å²) >= 11 is 6.34. The van der Waals surface area contributed by atoms with Crippen LogP contribution in [0.1, 0.15) is 31.7 Å². The molecule has 2 heterocycles. The molecule has 0 radical (unpaired) electrons. The molecule has 1 atom stereocenters. The number of halogens is 1. The van der Waals surface area contributed by atoms with Gasteiger partial charge in [-0.05, 0) is 19.8 Å². The lowest BCUT2D eigenvalue weighted by Gasteiger charge is -2.11. The van der Waals surface area contributed by atoms with Gasteiger partial charge in [-0.1, -0.05) is 18.5 Å². The lowest BCUT2D eigenvalue weighted by Crippen LogP contribution is -2.29. The number of nitrogens with one attached hydrogen (secondary N) is 1. The van der Waals surface area contributed by atoms with Crippen LogP contribution in [0, 0.1) is 0 Å². The van der Waals surface area contributed by atoms with Crippen LogP contribution in [0.15, 0.2) is 0 Å². The first-order chi connectivity index (χ1) is 8.26. The van der Waals surface area contributed by atoms with Gasteiger partial charge >= 0.3 is 0 Å². The van der Waals surface area contributed by atoms with E-state index in [9.17, 15) is 0 Å². The Morgan fingerprint density at radius 2 is 2.35 bits per heavy atom. The van der Waals surface area contributed by atoms with E-state index in [0.29, 0.717) is 6.04 Å². The molecule has 0 aromatic carbocycles. The Labute approximate surface area is 107 Å². The van der Waals surface area contributed by atoms with Crippen molar-refractivity contribution in [2.24, 2.45) is 0 Å². The lowest BCUT2D eigenvalue weighted by molar-refractivity contribution is 0.189. The Bertz CT molecular complexity index is 372. The summed E-state index contributed by atoms with van der Waals surface area (Å²) in [4.78, 5) is 0. The maximum Gasteiger partial charge on any atom is 0.0863 e. The van der Waals surface area contributed by atoms with E-state index in [4.69, 9.17) is 16.3 Å². The largest absolute Gasteiger partial charge is 0.380 e. The topological polar surface area (TPSA) is 39.1 Å². The number of nitrogens with zero attached hydrogens (tertiary/aromatic N) is 2. The number of aromatic nitrogens is 2. The lowest BCUT2D eigenvalue weighted by atomic mass is 10.2. The van der Waals surface area contributed by atoms with Gasteiger partial charge in [0.15, 0.2) is 0 Å². The first kappa shape index (κ1) is 12.9. The maximum absolute atomic E-state index is 6.34. The minimum atomic E-state index is 0.455. The second-order valence-electron chi connectivity index (χ2n) is 4.32. The van der Waals surface area contributed by atoms with Crippen molar-refractivity contribution in [3.05, 3.63) is 16.4 Å². The molecule has 1 N–H and O–H groups in total. The van der Waals surface area contributed by atoms with Gasteiger partial charge in [0.05, 0.1) is 23.0 Å². The zero-order chi connectivity index (χ0) is 12.3. The van der Waals surface area contributed by atoms with Crippen molar-refractivity contribution in [1.29, 1.82) is 0 Å². The first-order valence-electron chi connectivity index (χ1n) is 6.31. The van der Waals surface area contributed by atoms with Crippen molar-refractivity contribution in [2.45, 2.75) is 45.8 Å². The van der Waals surface area contributed by atoms with Gasteiger partial charge in [0, 0.05) is 25.7 Å². The van der Waals surface area contributed by atoms with Gasteiger partial charge in [-0.25, -0.2) is 0 Å². The predicted octanol–water partition coefficient (Wildman–Crippen LogP) is 2.00. The Balaban J connectivity index is 2.05. The Hall–Kier alpha value is -0.580. The van der Waals surface area contributed by atoms with Gasteiger partial charge in [0.1, 0.15) is 0 Å². The maximum atomic E-state index is 6.34. The molecule has 0 aliphatic carbocycles. The van der Waals surface area contributed by atoms with Gasteiger partial charge in [-0.15, -0.1) is 0 Å². The van der Waals surface area contributed by atoms with Crippen LogP contribution in [0.5, 0.6) is 0 Å². The SMILES string of the molecule is CCc1nn(CC)c(CNC2CCOC2)c1Cl. The van der Waals surface area contributed by atoms with E-state index < -0.39 is 0 Å². The molecular weight excluding hydrogens is 238 g/mol. The highest BCUT2D eigenvalue weighted by Crippen LogP contribution is 2.21. The third-order valence-electron chi connectivity index (χ3n) is 3.18. The number of ether oxygens (including phenoxy) is 1. The number of rotatable bonds is 5. The van der Waals surface area contributed by atoms with Crippen LogP contribution in [0.25, 0.3) is 0 Å². The van der Waals surface area contributed by atoms with E-state index >= 15 is 0 Å². The minimum Gasteiger partial charge on any atom is -0.380 e. The molecule has 0 amide bonds. The molecule has 1 aromatic rings. The summed E-state index contributed by atoms with van der Waals surface area (Å²) < 4.78 is 7.33. The Morgan fingerprint density at radius 3 is 2.94 bits per heavy atom. The summed E-state index contributed by atoms with van der Waals surface area (Å²) in [5, 5.41) is 8.81. The first-order valence-corrected chi connectivity index (χ1v) is 6.69. The van der Waals surface area contributed by atoms with E-state index in [1.807, 2.05) is 4.68 Å². The zero-order valence-electron chi connectivity index (χ0n) is 10.5. The highest BCUT2D eigenvalue weighted by Gasteiger charge is 2.18. The molecule has 1 aromatic heterocycles. The molecule has 1 fully saturated rings. The molecular formula is C12H20ClN3O. The summed E-state index contributed by atoms with van der Waals surface area (Å²) in [6.45, 7) is 7.46. The van der Waals surface area contributed by atoms with Crippen molar-refractivity contribution >= 4 is 11.6 Å². The fourth-order valence-electron chi connectivity index (χ4n) is 2.12. The zero-order valence-corrected chi connectivity index (χ0v) is 11.3. The highest BCUT2D eigenvalue weighted by atomic mass is 35.5. The van der Waals surface area contributed by atoms with Crippen LogP contribution in [0.4, 0.5) is 0 Å². The summed E-state index contributed by atoms with van der Waals surface area (Å²) in [5.41, 5.74) is 2.09. The molecule has 96 valence electrons. The van der Waals surface area contributed by atoms with E-state index in [0.717, 1.165) is 55.6 Å². The van der Waals surface area contributed by atoms with Crippen molar-refractivity contribution < 1.29 is 4.74 Å². The Morgan fingerprint density at radius 1 is 1.53 bits per heavy atom. The molecule has 0 saturated carbocycles. The molecule has 2 rings (SSSR count). The van der Waals surface area contributed by atoms with E-state index in [1.165, 1.54) is 0 Å². The number of hydrogen-bond acceptors (Lipinski definition) is 3. The Kier molecular flexibility index (Phi) is 4.42. The molecule has 1 aliphatic rings. The van der Waals surface area contributed by atoms with Crippen LogP contribution < -0.4 is 5.32 Å². The van der Waals surface area contributed by atoms with Gasteiger partial charge in [0.2, 0.25) is 0 Å². The molecule has 0 bridgehead atoms. The predicted molar refractivity (Wildman–Crippen MR) is 68.4 cm³/mol. The summed E-state index contributed by atoms with van der Waals surface area (Å²) in [7, 11) is 0. The van der Waals surface area contributed by atoms with Crippen molar-refractivity contribution in [2.75, 3.05) is 13.2 Å². The van der Waals surface area contributed by atoms with Crippen LogP contribution in [0.2, 0.25) is 5.02 Å². The molecule has 17 heavy (non-hydrogen) atoms. The quantitative estimate of drug-likeness (QED) is 0.877. The van der Waals surface area contributed by atoms with Crippen molar-refractivity contribution in [3.63, 3.8) is 0 Å². The fourth-order valence-corrected chi connectivity index (χ4v) is 2.46. The standard InChI is InChI=1S/C12H20ClN3O/c1-3-10-12(13)11(16(4-2)15-10)7-14-9-5-6-17-8-9/h9,14H,3-8H2,1-2H3. The average molecular weight is 258 g/mol. The summed E-state index contributed by atoms with van der Waals surface area (Å²) in [6.07, 6.45) is 1.96. The van der Waals surface area contributed by atoms with Gasteiger partial charge in [-0.3, -0.25) is 4.68 Å². The van der Waals surface area contributed by atoms with Crippen LogP contribution in [-0.2, 0) is 24.2 Å². The molecule has 4 nitrogen and oxygen atoms in total. The van der Waals surface area contributed by atoms with E-state index in [2.05, 4.69) is 24.3 Å². The van der Waals surface area contributed by atoms with Gasteiger partial charge < -0.3 is 10.1 Å². The van der Waals surface area contributed by atoms with Gasteiger partial charge in [-0.2, -0.15) is 5.10 Å². The average Bonchev–Trinajstić information content (AvgIpc) is 2.94. The van der Waals surface area contributed by atoms with Crippen molar-refractivity contribution in [1.82, 2.24) is 15.1 Å². The molecule has 5 heteroatoms. The van der Waals surface area contributed by atoms with Crippen LogP contribution >= 0.6 is 11.6 Å². The van der Waals surface area contributed by atoms with Crippen LogP contribution in [-0.4, -0.2) is 29.0 Å². The fraction of sp³-hybridized carbons (Fsp3) is 0.750. The monoisotopic (exact) mass is 257 g/mol. The van der Waals surface area contributed by atoms with E-state index in [-0.39, 0.29) is 0 Å². The molecule has 1 aliphatic heterocycles. The minimum absolute atomic E-state index is 0.455. The highest BCUT2D eigenvalue weighted by molar-refractivity contribution is 6.31. The molecule has 1 unspecified atom stereocenters. The molecule has 0 spiro atoms. The van der Waals surface area contributed by atoms with Crippen molar-refractivity contribution in [3.8, 4) is 0 Å². The second kappa shape index (κ2) is 5.85.